The van der Waals surface area contributed by atoms with Crippen molar-refractivity contribution < 1.29 is 23.9 Å². The Morgan fingerprint density at radius 2 is 1.62 bits per heavy atom. The van der Waals surface area contributed by atoms with Gasteiger partial charge in [0.15, 0.2) is 0 Å². The summed E-state index contributed by atoms with van der Waals surface area (Å²) in [6.45, 7) is 3.74. The number of benzene rings is 3. The van der Waals surface area contributed by atoms with Crippen molar-refractivity contribution in [2.45, 2.75) is 13.8 Å². The van der Waals surface area contributed by atoms with Gasteiger partial charge in [0, 0.05) is 11.3 Å². The molecule has 0 bridgehead atoms. The van der Waals surface area contributed by atoms with Gasteiger partial charge in [0.1, 0.15) is 22.8 Å². The number of amides is 2. The van der Waals surface area contributed by atoms with E-state index in [0.717, 1.165) is 16.0 Å². The summed E-state index contributed by atoms with van der Waals surface area (Å²) in [5, 5.41) is 2.66. The van der Waals surface area contributed by atoms with Crippen molar-refractivity contribution in [3.05, 3.63) is 99.7 Å². The van der Waals surface area contributed by atoms with E-state index in [1.54, 1.807) is 30.3 Å². The van der Waals surface area contributed by atoms with Gasteiger partial charge in [0.2, 0.25) is 0 Å². The van der Waals surface area contributed by atoms with E-state index in [1.807, 2.05) is 26.0 Å². The van der Waals surface area contributed by atoms with E-state index in [1.165, 1.54) is 24.3 Å². The highest BCUT2D eigenvalue weighted by atomic mass is 35.5. The van der Waals surface area contributed by atoms with Gasteiger partial charge >= 0.3 is 5.97 Å². The van der Waals surface area contributed by atoms with Crippen LogP contribution < -0.4 is 15.0 Å². The summed E-state index contributed by atoms with van der Waals surface area (Å²) >= 11 is 6.20. The first kappa shape index (κ1) is 22.9. The number of hydrogen-bond acceptors (Lipinski definition) is 6. The number of halogens is 1. The van der Waals surface area contributed by atoms with Crippen LogP contribution in [0.4, 0.5) is 11.4 Å². The van der Waals surface area contributed by atoms with E-state index in [-0.39, 0.29) is 16.3 Å². The molecule has 0 fully saturated rings. The number of anilines is 2. The number of aryl methyl sites for hydroxylation is 2. The first-order chi connectivity index (χ1) is 16.3. The van der Waals surface area contributed by atoms with E-state index >= 15 is 0 Å². The molecule has 0 saturated heterocycles. The summed E-state index contributed by atoms with van der Waals surface area (Å²) in [7, 11) is 0. The molecule has 3 aromatic rings. The first-order valence-electron chi connectivity index (χ1n) is 10.3. The molecule has 0 aliphatic carbocycles. The van der Waals surface area contributed by atoms with Gasteiger partial charge in [0.05, 0.1) is 11.3 Å². The van der Waals surface area contributed by atoms with Crippen molar-refractivity contribution in [1.29, 1.82) is 0 Å². The standard InChI is InChI=1S/C26H19ClN2O5/c1-15-3-12-21(16(2)13-15)29-24(31)22(27)23(25(29)32)28-19-8-6-18(7-9-19)26(33)34-20-10-4-17(14-30)5-11-20/h3-14,28H,1-2H3. The van der Waals surface area contributed by atoms with Gasteiger partial charge in [-0.15, -0.1) is 0 Å². The Balaban J connectivity index is 1.48. The number of aldehydes is 1. The lowest BCUT2D eigenvalue weighted by Gasteiger charge is -2.18. The number of nitrogens with one attached hydrogen (secondary N) is 1. The molecule has 4 rings (SSSR count). The van der Waals surface area contributed by atoms with Crippen molar-refractivity contribution in [3.8, 4) is 5.75 Å². The average Bonchev–Trinajstić information content (AvgIpc) is 3.03. The van der Waals surface area contributed by atoms with Crippen LogP contribution in [-0.4, -0.2) is 24.1 Å². The SMILES string of the molecule is Cc1ccc(N2C(=O)C(Cl)=C(Nc3ccc(C(=O)Oc4ccc(C=O)cc4)cc3)C2=O)c(C)c1. The molecular formula is C26H19ClN2O5. The van der Waals surface area contributed by atoms with Gasteiger partial charge in [-0.25, -0.2) is 9.69 Å². The minimum absolute atomic E-state index is 0.0442. The molecule has 7 nitrogen and oxygen atoms in total. The number of hydrogen-bond donors (Lipinski definition) is 1. The van der Waals surface area contributed by atoms with Crippen molar-refractivity contribution in [2.75, 3.05) is 10.2 Å². The lowest BCUT2D eigenvalue weighted by molar-refractivity contribution is -0.120. The fourth-order valence-electron chi connectivity index (χ4n) is 3.50. The summed E-state index contributed by atoms with van der Waals surface area (Å²) in [5.74, 6) is -1.46. The van der Waals surface area contributed by atoms with Crippen LogP contribution in [-0.2, 0) is 9.59 Å². The maximum atomic E-state index is 13.0. The molecule has 2 amide bonds. The third-order valence-corrected chi connectivity index (χ3v) is 5.59. The van der Waals surface area contributed by atoms with Crippen LogP contribution in [0.3, 0.4) is 0 Å². The molecule has 3 aromatic carbocycles. The Labute approximate surface area is 200 Å². The lowest BCUT2D eigenvalue weighted by Crippen LogP contribution is -2.32. The van der Waals surface area contributed by atoms with Gasteiger partial charge in [-0.05, 0) is 74.0 Å². The van der Waals surface area contributed by atoms with Gasteiger partial charge < -0.3 is 10.1 Å². The summed E-state index contributed by atoms with van der Waals surface area (Å²) in [5.41, 5.74) is 3.41. The highest BCUT2D eigenvalue weighted by molar-refractivity contribution is 6.53. The third kappa shape index (κ3) is 4.46. The van der Waals surface area contributed by atoms with Gasteiger partial charge in [0.25, 0.3) is 11.8 Å². The smallest absolute Gasteiger partial charge is 0.343 e. The number of imide groups is 1. The minimum atomic E-state index is -0.609. The predicted molar refractivity (Wildman–Crippen MR) is 128 cm³/mol. The highest BCUT2D eigenvalue weighted by Gasteiger charge is 2.39. The van der Waals surface area contributed by atoms with Crippen molar-refractivity contribution in [3.63, 3.8) is 0 Å². The zero-order chi connectivity index (χ0) is 24.4. The molecule has 1 N–H and O–H groups in total. The quantitative estimate of drug-likeness (QED) is 0.239. The number of esters is 1. The zero-order valence-electron chi connectivity index (χ0n) is 18.3. The maximum Gasteiger partial charge on any atom is 0.343 e. The van der Waals surface area contributed by atoms with Crippen LogP contribution in [0.25, 0.3) is 0 Å². The summed E-state index contributed by atoms with van der Waals surface area (Å²) < 4.78 is 5.29. The number of carbonyl (C=O) groups is 4. The largest absolute Gasteiger partial charge is 0.423 e. The maximum absolute atomic E-state index is 13.0. The van der Waals surface area contributed by atoms with E-state index in [2.05, 4.69) is 5.32 Å². The van der Waals surface area contributed by atoms with Gasteiger partial charge in [-0.3, -0.25) is 14.4 Å². The van der Waals surface area contributed by atoms with Crippen LogP contribution >= 0.6 is 11.6 Å². The lowest BCUT2D eigenvalue weighted by atomic mass is 10.1. The Kier molecular flexibility index (Phi) is 6.30. The van der Waals surface area contributed by atoms with E-state index in [0.29, 0.717) is 29.0 Å². The van der Waals surface area contributed by atoms with Gasteiger partial charge in [-0.2, -0.15) is 0 Å². The highest BCUT2D eigenvalue weighted by Crippen LogP contribution is 2.32. The monoisotopic (exact) mass is 474 g/mol. The summed E-state index contributed by atoms with van der Waals surface area (Å²) in [6, 6.07) is 17.7. The molecule has 0 saturated carbocycles. The van der Waals surface area contributed by atoms with Crippen molar-refractivity contribution in [2.24, 2.45) is 0 Å². The molecule has 34 heavy (non-hydrogen) atoms. The second-order valence-corrected chi connectivity index (χ2v) is 8.08. The molecular weight excluding hydrogens is 456 g/mol. The predicted octanol–water partition coefficient (Wildman–Crippen LogP) is 4.77. The number of rotatable bonds is 6. The molecule has 0 radical (unpaired) electrons. The molecule has 1 aliphatic heterocycles. The van der Waals surface area contributed by atoms with Crippen LogP contribution in [0.1, 0.15) is 31.8 Å². The molecule has 0 aromatic heterocycles. The number of ether oxygens (including phenoxy) is 1. The second kappa shape index (κ2) is 9.33. The number of nitrogens with zero attached hydrogens (tertiary/aromatic N) is 1. The molecule has 170 valence electrons. The third-order valence-electron chi connectivity index (χ3n) is 5.24. The normalized spacial score (nSPS) is 13.3. The molecule has 0 atom stereocenters. The topological polar surface area (TPSA) is 92.8 Å². The van der Waals surface area contributed by atoms with Crippen molar-refractivity contribution in [1.82, 2.24) is 0 Å². The van der Waals surface area contributed by atoms with Crippen LogP contribution in [0, 0.1) is 13.8 Å². The van der Waals surface area contributed by atoms with Crippen molar-refractivity contribution >= 4 is 47.0 Å². The Morgan fingerprint density at radius 3 is 2.24 bits per heavy atom. The Bertz CT molecular complexity index is 1340. The Morgan fingerprint density at radius 1 is 0.941 bits per heavy atom. The molecule has 0 unspecified atom stereocenters. The molecule has 8 heteroatoms. The first-order valence-corrected chi connectivity index (χ1v) is 10.7. The molecule has 0 spiro atoms. The van der Waals surface area contributed by atoms with E-state index in [4.69, 9.17) is 16.3 Å². The van der Waals surface area contributed by atoms with Crippen LogP contribution in [0.2, 0.25) is 0 Å². The van der Waals surface area contributed by atoms with Crippen LogP contribution in [0.15, 0.2) is 77.5 Å². The molecule has 1 heterocycles. The minimum Gasteiger partial charge on any atom is -0.423 e. The van der Waals surface area contributed by atoms with E-state index < -0.39 is 17.8 Å². The summed E-state index contributed by atoms with van der Waals surface area (Å²) in [6.07, 6.45) is 0.697. The second-order valence-electron chi connectivity index (χ2n) is 7.70. The number of carbonyl (C=O) groups excluding carboxylic acids is 4. The average molecular weight is 475 g/mol. The van der Waals surface area contributed by atoms with E-state index in [9.17, 15) is 19.2 Å². The van der Waals surface area contributed by atoms with Gasteiger partial charge in [-0.1, -0.05) is 29.3 Å². The Hall–Kier alpha value is -4.23. The summed E-state index contributed by atoms with van der Waals surface area (Å²) in [4.78, 5) is 49.9. The zero-order valence-corrected chi connectivity index (χ0v) is 19.1. The fraction of sp³-hybridized carbons (Fsp3) is 0.0769. The molecule has 1 aliphatic rings. The fourth-order valence-corrected chi connectivity index (χ4v) is 3.71. The van der Waals surface area contributed by atoms with Crippen LogP contribution in [0.5, 0.6) is 5.75 Å².